The zero-order valence-corrected chi connectivity index (χ0v) is 17.6. The van der Waals surface area contributed by atoms with Crippen LogP contribution in [0.5, 0.6) is 0 Å². The van der Waals surface area contributed by atoms with Crippen LogP contribution in [0.25, 0.3) is 6.08 Å². The average molecular weight is 437 g/mol. The summed E-state index contributed by atoms with van der Waals surface area (Å²) in [5.74, 6) is -0.844. The number of pyridine rings is 1. The molecule has 0 aliphatic carbocycles. The minimum atomic E-state index is -1.48. The normalized spacial score (nSPS) is 22.3. The van der Waals surface area contributed by atoms with Crippen LogP contribution < -0.4 is 4.90 Å². The Kier molecular flexibility index (Phi) is 4.78. The standard InChI is InChI=1S/C26H17ClN4O/c27-20-9-10-21-18(13-20)8-11-22-26(15-28,16-29)23(19-7-4-12-30-14-19)24(31(21)22)25(32)17-5-2-1-3-6-17/h1-14,22-24H/t22-,23-,24+/m1/s1. The topological polar surface area (TPSA) is 80.8 Å². The molecule has 0 saturated carbocycles. The first kappa shape index (κ1) is 20.0. The van der Waals surface area contributed by atoms with E-state index in [0.717, 1.165) is 11.3 Å². The van der Waals surface area contributed by atoms with Gasteiger partial charge in [-0.15, -0.1) is 0 Å². The van der Waals surface area contributed by atoms with E-state index in [4.69, 9.17) is 11.6 Å². The number of rotatable bonds is 3. The van der Waals surface area contributed by atoms with Crippen LogP contribution in [0.3, 0.4) is 0 Å². The third-order valence-corrected chi connectivity index (χ3v) is 6.57. The molecule has 3 heterocycles. The van der Waals surface area contributed by atoms with Gasteiger partial charge >= 0.3 is 0 Å². The Hall–Kier alpha value is -3.93. The molecule has 2 aliphatic heterocycles. The monoisotopic (exact) mass is 436 g/mol. The molecule has 0 amide bonds. The number of benzene rings is 2. The lowest BCUT2D eigenvalue weighted by molar-refractivity contribution is 0.0951. The molecule has 3 aromatic rings. The third-order valence-electron chi connectivity index (χ3n) is 6.34. The first-order chi connectivity index (χ1) is 15.6. The molecular formula is C26H17ClN4O. The van der Waals surface area contributed by atoms with E-state index in [-0.39, 0.29) is 5.78 Å². The summed E-state index contributed by atoms with van der Waals surface area (Å²) in [4.78, 5) is 20.1. The molecule has 3 atom stereocenters. The zero-order chi connectivity index (χ0) is 22.3. The fourth-order valence-corrected chi connectivity index (χ4v) is 5.15. The Morgan fingerprint density at radius 3 is 2.53 bits per heavy atom. The van der Waals surface area contributed by atoms with Crippen molar-refractivity contribution in [3.8, 4) is 12.1 Å². The second-order valence-electron chi connectivity index (χ2n) is 7.95. The van der Waals surface area contributed by atoms with Crippen molar-refractivity contribution in [2.24, 2.45) is 5.41 Å². The van der Waals surface area contributed by atoms with Gasteiger partial charge in [0, 0.05) is 34.6 Å². The van der Waals surface area contributed by atoms with Crippen LogP contribution in [-0.4, -0.2) is 22.9 Å². The lowest BCUT2D eigenvalue weighted by atomic mass is 9.69. The number of hydrogen-bond acceptors (Lipinski definition) is 5. The van der Waals surface area contributed by atoms with Crippen molar-refractivity contribution in [1.29, 1.82) is 10.5 Å². The van der Waals surface area contributed by atoms with Crippen molar-refractivity contribution in [3.63, 3.8) is 0 Å². The van der Waals surface area contributed by atoms with E-state index in [1.807, 2.05) is 53.5 Å². The smallest absolute Gasteiger partial charge is 0.185 e. The second kappa shape index (κ2) is 7.64. The lowest BCUT2D eigenvalue weighted by Crippen LogP contribution is -2.44. The van der Waals surface area contributed by atoms with Gasteiger partial charge < -0.3 is 4.90 Å². The first-order valence-electron chi connectivity index (χ1n) is 10.2. The highest BCUT2D eigenvalue weighted by molar-refractivity contribution is 6.30. The van der Waals surface area contributed by atoms with Gasteiger partial charge in [-0.2, -0.15) is 10.5 Å². The van der Waals surface area contributed by atoms with Gasteiger partial charge in [0.15, 0.2) is 11.2 Å². The van der Waals surface area contributed by atoms with Gasteiger partial charge in [0.25, 0.3) is 0 Å². The number of Topliss-reactive ketones (excluding diaryl/α,β-unsaturated/α-hetero) is 1. The van der Waals surface area contributed by atoms with Crippen LogP contribution in [0.1, 0.15) is 27.4 Å². The molecule has 1 saturated heterocycles. The van der Waals surface area contributed by atoms with E-state index in [2.05, 4.69) is 17.1 Å². The average Bonchev–Trinajstić information content (AvgIpc) is 3.15. The van der Waals surface area contributed by atoms with E-state index in [1.165, 1.54) is 0 Å². The third kappa shape index (κ3) is 2.83. The summed E-state index contributed by atoms with van der Waals surface area (Å²) >= 11 is 6.22. The summed E-state index contributed by atoms with van der Waals surface area (Å²) in [6.07, 6.45) is 7.00. The quantitative estimate of drug-likeness (QED) is 0.538. The number of fused-ring (bicyclic) bond motifs is 3. The zero-order valence-electron chi connectivity index (χ0n) is 16.9. The predicted octanol–water partition coefficient (Wildman–Crippen LogP) is 5.02. The number of hydrogen-bond donors (Lipinski definition) is 0. The number of aromatic nitrogens is 1. The summed E-state index contributed by atoms with van der Waals surface area (Å²) in [6, 6.07) is 21.2. The molecular weight excluding hydrogens is 420 g/mol. The molecule has 154 valence electrons. The molecule has 6 heteroatoms. The summed E-state index contributed by atoms with van der Waals surface area (Å²) in [5, 5.41) is 21.3. The molecule has 1 aromatic heterocycles. The van der Waals surface area contributed by atoms with Gasteiger partial charge in [-0.05, 0) is 35.4 Å². The van der Waals surface area contributed by atoms with Crippen LogP contribution in [0.15, 0.2) is 79.1 Å². The first-order valence-corrected chi connectivity index (χ1v) is 10.6. The fourth-order valence-electron chi connectivity index (χ4n) is 4.97. The molecule has 5 rings (SSSR count). The van der Waals surface area contributed by atoms with Gasteiger partial charge in [0.05, 0.1) is 18.2 Å². The molecule has 5 nitrogen and oxygen atoms in total. The van der Waals surface area contributed by atoms with Crippen LogP contribution in [-0.2, 0) is 0 Å². The fraction of sp³-hybridized carbons (Fsp3) is 0.154. The molecule has 0 spiro atoms. The van der Waals surface area contributed by atoms with Crippen LogP contribution in [0, 0.1) is 28.1 Å². The van der Waals surface area contributed by atoms with Crippen molar-refractivity contribution >= 4 is 29.1 Å². The number of carbonyl (C=O) groups excluding carboxylic acids is 1. The molecule has 1 fully saturated rings. The van der Waals surface area contributed by atoms with Gasteiger partial charge in [-0.25, -0.2) is 0 Å². The van der Waals surface area contributed by atoms with E-state index >= 15 is 0 Å². The van der Waals surface area contributed by atoms with Gasteiger partial charge in [0.2, 0.25) is 0 Å². The molecule has 0 unspecified atom stereocenters. The summed E-state index contributed by atoms with van der Waals surface area (Å²) in [7, 11) is 0. The summed E-state index contributed by atoms with van der Waals surface area (Å²) < 4.78 is 0. The number of anilines is 1. The van der Waals surface area contributed by atoms with Crippen molar-refractivity contribution in [2.45, 2.75) is 18.0 Å². The molecule has 0 N–H and O–H groups in total. The largest absolute Gasteiger partial charge is 0.351 e. The van der Waals surface area contributed by atoms with Crippen molar-refractivity contribution in [1.82, 2.24) is 4.98 Å². The van der Waals surface area contributed by atoms with Crippen molar-refractivity contribution < 1.29 is 4.79 Å². The number of ketones is 1. The maximum absolute atomic E-state index is 14.0. The lowest BCUT2D eigenvalue weighted by Gasteiger charge is -2.35. The van der Waals surface area contributed by atoms with Gasteiger partial charge in [-0.1, -0.05) is 60.2 Å². The second-order valence-corrected chi connectivity index (χ2v) is 8.38. The Balaban J connectivity index is 1.79. The Bertz CT molecular complexity index is 1290. The van der Waals surface area contributed by atoms with Gasteiger partial charge in [-0.3, -0.25) is 9.78 Å². The van der Waals surface area contributed by atoms with E-state index in [0.29, 0.717) is 16.1 Å². The SMILES string of the molecule is N#CC1(C#N)[C@H](c2cccnc2)[C@@H](C(=O)c2ccccc2)N2c3ccc(Cl)cc3C=C[C@@H]21. The number of halogens is 1. The minimum Gasteiger partial charge on any atom is -0.351 e. The maximum atomic E-state index is 14.0. The van der Waals surface area contributed by atoms with E-state index < -0.39 is 23.4 Å². The van der Waals surface area contributed by atoms with Crippen LogP contribution in [0.2, 0.25) is 5.02 Å². The Morgan fingerprint density at radius 2 is 1.84 bits per heavy atom. The van der Waals surface area contributed by atoms with Crippen LogP contribution >= 0.6 is 11.6 Å². The molecule has 2 aliphatic rings. The van der Waals surface area contributed by atoms with Gasteiger partial charge in [0.1, 0.15) is 6.04 Å². The number of nitrogens with zero attached hydrogens (tertiary/aromatic N) is 4. The van der Waals surface area contributed by atoms with E-state index in [9.17, 15) is 15.3 Å². The summed E-state index contributed by atoms with van der Waals surface area (Å²) in [5.41, 5.74) is 1.35. The minimum absolute atomic E-state index is 0.145. The predicted molar refractivity (Wildman–Crippen MR) is 122 cm³/mol. The van der Waals surface area contributed by atoms with Crippen molar-refractivity contribution in [3.05, 3.63) is 101 Å². The molecule has 32 heavy (non-hydrogen) atoms. The Labute approximate surface area is 190 Å². The van der Waals surface area contributed by atoms with E-state index in [1.54, 1.807) is 36.7 Å². The molecule has 2 aromatic carbocycles. The molecule has 0 bridgehead atoms. The molecule has 0 radical (unpaired) electrons. The number of carbonyl (C=O) groups is 1. The number of nitriles is 2. The highest BCUT2D eigenvalue weighted by Gasteiger charge is 2.63. The highest BCUT2D eigenvalue weighted by atomic mass is 35.5. The van der Waals surface area contributed by atoms with Crippen LogP contribution in [0.4, 0.5) is 5.69 Å². The Morgan fingerprint density at radius 1 is 1.06 bits per heavy atom. The van der Waals surface area contributed by atoms with Crippen molar-refractivity contribution in [2.75, 3.05) is 4.90 Å². The highest BCUT2D eigenvalue weighted by Crippen LogP contribution is 2.55. The summed E-state index contributed by atoms with van der Waals surface area (Å²) in [6.45, 7) is 0. The maximum Gasteiger partial charge on any atom is 0.185 e.